The van der Waals surface area contributed by atoms with Crippen LogP contribution in [-0.2, 0) is 0 Å². The van der Waals surface area contributed by atoms with Crippen LogP contribution in [-0.4, -0.2) is 61.3 Å². The molecule has 1 aromatic carbocycles. The number of hydrogen-bond donors (Lipinski definition) is 1. The summed E-state index contributed by atoms with van der Waals surface area (Å²) >= 11 is 0. The van der Waals surface area contributed by atoms with E-state index in [9.17, 15) is 13.2 Å². The van der Waals surface area contributed by atoms with E-state index in [1.54, 1.807) is 0 Å². The first-order valence-corrected chi connectivity index (χ1v) is 9.24. The van der Waals surface area contributed by atoms with Gasteiger partial charge < -0.3 is 5.32 Å². The van der Waals surface area contributed by atoms with Gasteiger partial charge in [0.25, 0.3) is 0 Å². The minimum Gasteiger partial charge on any atom is -0.312 e. The maximum absolute atomic E-state index is 12.5. The topological polar surface area (TPSA) is 18.5 Å². The highest BCUT2D eigenvalue weighted by Gasteiger charge is 2.32. The van der Waals surface area contributed by atoms with Gasteiger partial charge in [-0.15, -0.1) is 0 Å². The van der Waals surface area contributed by atoms with Crippen molar-refractivity contribution in [3.63, 3.8) is 0 Å². The molecule has 1 heterocycles. The lowest BCUT2D eigenvalue weighted by molar-refractivity contribution is -0.148. The molecule has 1 unspecified atom stereocenters. The van der Waals surface area contributed by atoms with Gasteiger partial charge in [-0.2, -0.15) is 13.2 Å². The van der Waals surface area contributed by atoms with Crippen LogP contribution in [0.5, 0.6) is 0 Å². The summed E-state index contributed by atoms with van der Waals surface area (Å²) in [6, 6.07) is 11.0. The molecule has 1 N–H and O–H groups in total. The lowest BCUT2D eigenvalue weighted by Gasteiger charge is -2.35. The summed E-state index contributed by atoms with van der Waals surface area (Å²) in [7, 11) is 0. The van der Waals surface area contributed by atoms with Crippen molar-refractivity contribution >= 4 is 0 Å². The van der Waals surface area contributed by atoms with Gasteiger partial charge in [0.1, 0.15) is 0 Å². The van der Waals surface area contributed by atoms with Crippen molar-refractivity contribution in [2.24, 2.45) is 0 Å². The van der Waals surface area contributed by atoms with E-state index in [0.29, 0.717) is 25.2 Å². The van der Waals surface area contributed by atoms with Crippen LogP contribution in [0.1, 0.15) is 38.3 Å². The summed E-state index contributed by atoms with van der Waals surface area (Å²) in [4.78, 5) is 3.93. The first-order chi connectivity index (χ1) is 11.9. The number of benzene rings is 1. The third-order valence-electron chi connectivity index (χ3n) is 5.03. The van der Waals surface area contributed by atoms with Crippen LogP contribution in [0.4, 0.5) is 13.2 Å². The highest BCUT2D eigenvalue weighted by atomic mass is 19.4. The van der Waals surface area contributed by atoms with Gasteiger partial charge in [-0.05, 0) is 44.6 Å². The molecule has 25 heavy (non-hydrogen) atoms. The Balaban J connectivity index is 1.87. The Hall–Kier alpha value is -1.11. The second kappa shape index (κ2) is 9.55. The molecule has 6 heteroatoms. The lowest BCUT2D eigenvalue weighted by atomic mass is 10.0. The van der Waals surface area contributed by atoms with Gasteiger partial charge in [0.2, 0.25) is 0 Å². The molecule has 0 spiro atoms. The standard InChI is InChI=1S/C19H30F3N3/c1-3-25(4-2)18(16-8-6-5-7-9-16)14-23-17-10-12-24(13-11-17)15-19(20,21)22/h5-9,17-18,23H,3-4,10-15H2,1-2H3. The van der Waals surface area contributed by atoms with Crippen molar-refractivity contribution in [1.29, 1.82) is 0 Å². The van der Waals surface area contributed by atoms with Crippen molar-refractivity contribution < 1.29 is 13.2 Å². The van der Waals surface area contributed by atoms with Crippen molar-refractivity contribution in [1.82, 2.24) is 15.1 Å². The second-order valence-corrected chi connectivity index (χ2v) is 6.72. The first-order valence-electron chi connectivity index (χ1n) is 9.24. The predicted molar refractivity (Wildman–Crippen MR) is 95.6 cm³/mol. The van der Waals surface area contributed by atoms with Gasteiger partial charge in [0.05, 0.1) is 6.54 Å². The minimum absolute atomic E-state index is 0.296. The maximum atomic E-state index is 12.5. The molecule has 1 aliphatic heterocycles. The zero-order chi connectivity index (χ0) is 18.3. The van der Waals surface area contributed by atoms with Gasteiger partial charge in [0.15, 0.2) is 0 Å². The van der Waals surface area contributed by atoms with Crippen LogP contribution in [0.3, 0.4) is 0 Å². The Morgan fingerprint density at radius 3 is 2.24 bits per heavy atom. The Morgan fingerprint density at radius 1 is 1.12 bits per heavy atom. The molecule has 1 atom stereocenters. The molecule has 2 rings (SSSR count). The summed E-state index contributed by atoms with van der Waals surface area (Å²) < 4.78 is 37.4. The molecule has 0 amide bonds. The first kappa shape index (κ1) is 20.2. The number of alkyl halides is 3. The van der Waals surface area contributed by atoms with Gasteiger partial charge >= 0.3 is 6.18 Å². The number of halogens is 3. The lowest BCUT2D eigenvalue weighted by Crippen LogP contribution is -2.47. The smallest absolute Gasteiger partial charge is 0.312 e. The summed E-state index contributed by atoms with van der Waals surface area (Å²) in [5.41, 5.74) is 1.29. The van der Waals surface area contributed by atoms with Gasteiger partial charge in [-0.3, -0.25) is 9.80 Å². The van der Waals surface area contributed by atoms with Gasteiger partial charge in [-0.25, -0.2) is 0 Å². The minimum atomic E-state index is -4.10. The number of hydrogen-bond acceptors (Lipinski definition) is 3. The van der Waals surface area contributed by atoms with E-state index in [0.717, 1.165) is 32.5 Å². The highest BCUT2D eigenvalue weighted by Crippen LogP contribution is 2.22. The molecule has 0 saturated carbocycles. The van der Waals surface area contributed by atoms with Crippen molar-refractivity contribution in [3.05, 3.63) is 35.9 Å². The summed E-state index contributed by atoms with van der Waals surface area (Å²) in [6.07, 6.45) is -2.55. The molecular formula is C19H30F3N3. The van der Waals surface area contributed by atoms with Crippen LogP contribution in [0.25, 0.3) is 0 Å². The van der Waals surface area contributed by atoms with Crippen molar-refractivity contribution in [2.45, 2.75) is 44.9 Å². The summed E-state index contributed by atoms with van der Waals surface area (Å²) in [5, 5.41) is 3.60. The highest BCUT2D eigenvalue weighted by molar-refractivity contribution is 5.19. The molecule has 0 aromatic heterocycles. The third kappa shape index (κ3) is 6.60. The fourth-order valence-electron chi connectivity index (χ4n) is 3.62. The molecule has 0 bridgehead atoms. The molecular weight excluding hydrogens is 327 g/mol. The number of nitrogens with one attached hydrogen (secondary N) is 1. The fraction of sp³-hybridized carbons (Fsp3) is 0.684. The maximum Gasteiger partial charge on any atom is 0.401 e. The quantitative estimate of drug-likeness (QED) is 0.766. The van der Waals surface area contributed by atoms with E-state index in [1.165, 1.54) is 10.5 Å². The van der Waals surface area contributed by atoms with Gasteiger partial charge in [-0.1, -0.05) is 44.2 Å². The van der Waals surface area contributed by atoms with E-state index in [4.69, 9.17) is 0 Å². The van der Waals surface area contributed by atoms with Crippen molar-refractivity contribution in [2.75, 3.05) is 39.3 Å². The van der Waals surface area contributed by atoms with Crippen LogP contribution in [0.2, 0.25) is 0 Å². The Bertz CT molecular complexity index is 480. The summed E-state index contributed by atoms with van der Waals surface area (Å²) in [6.45, 7) is 7.34. The molecule has 1 aliphatic rings. The summed E-state index contributed by atoms with van der Waals surface area (Å²) in [5.74, 6) is 0. The number of piperidine rings is 1. The molecule has 0 radical (unpaired) electrons. The number of likely N-dealkylation sites (N-methyl/N-ethyl adjacent to an activating group) is 1. The third-order valence-corrected chi connectivity index (χ3v) is 5.03. The van der Waals surface area contributed by atoms with E-state index in [2.05, 4.69) is 48.3 Å². The van der Waals surface area contributed by atoms with Crippen molar-refractivity contribution in [3.8, 4) is 0 Å². The molecule has 1 fully saturated rings. The van der Waals surface area contributed by atoms with Crippen LogP contribution in [0.15, 0.2) is 30.3 Å². The zero-order valence-electron chi connectivity index (χ0n) is 15.2. The van der Waals surface area contributed by atoms with E-state index in [-0.39, 0.29) is 0 Å². The fourth-order valence-corrected chi connectivity index (χ4v) is 3.62. The SMILES string of the molecule is CCN(CC)C(CNC1CCN(CC(F)(F)F)CC1)c1ccccc1. The predicted octanol–water partition coefficient (Wildman–Crippen LogP) is 3.69. The monoisotopic (exact) mass is 357 g/mol. The van der Waals surface area contributed by atoms with Crippen LogP contribution >= 0.6 is 0 Å². The van der Waals surface area contributed by atoms with Crippen LogP contribution < -0.4 is 5.32 Å². The van der Waals surface area contributed by atoms with E-state index < -0.39 is 12.7 Å². The molecule has 1 aromatic rings. The normalized spacial score (nSPS) is 18.6. The Kier molecular flexibility index (Phi) is 7.72. The zero-order valence-corrected chi connectivity index (χ0v) is 15.2. The molecule has 1 saturated heterocycles. The number of likely N-dealkylation sites (tertiary alicyclic amines) is 1. The van der Waals surface area contributed by atoms with E-state index >= 15 is 0 Å². The number of rotatable bonds is 8. The Labute approximate surface area is 149 Å². The molecule has 3 nitrogen and oxygen atoms in total. The molecule has 142 valence electrons. The van der Waals surface area contributed by atoms with E-state index in [1.807, 2.05) is 6.07 Å². The Morgan fingerprint density at radius 2 is 1.72 bits per heavy atom. The van der Waals surface area contributed by atoms with Gasteiger partial charge in [0, 0.05) is 18.6 Å². The number of nitrogens with zero attached hydrogens (tertiary/aromatic N) is 2. The molecule has 0 aliphatic carbocycles. The largest absolute Gasteiger partial charge is 0.401 e. The average Bonchev–Trinajstić information content (AvgIpc) is 2.59. The average molecular weight is 357 g/mol. The van der Waals surface area contributed by atoms with Crippen LogP contribution in [0, 0.1) is 0 Å². The second-order valence-electron chi connectivity index (χ2n) is 6.72.